The SMILES string of the molecule is O=C(O)CNC(=O)C1[C@@H]2[C@H]3CC[C@@H](C3)[C@@H]12. The molecule has 0 spiro atoms. The molecule has 0 aromatic heterocycles. The van der Waals surface area contributed by atoms with E-state index < -0.39 is 5.97 Å². The Kier molecular flexibility index (Phi) is 1.82. The van der Waals surface area contributed by atoms with E-state index in [2.05, 4.69) is 5.32 Å². The molecule has 4 nitrogen and oxygen atoms in total. The Balaban J connectivity index is 1.58. The molecule has 15 heavy (non-hydrogen) atoms. The van der Waals surface area contributed by atoms with Crippen molar-refractivity contribution < 1.29 is 14.7 Å². The summed E-state index contributed by atoms with van der Waals surface area (Å²) in [5.74, 6) is 1.88. The van der Waals surface area contributed by atoms with Gasteiger partial charge in [0, 0.05) is 5.92 Å². The fourth-order valence-corrected chi connectivity index (χ4v) is 3.96. The lowest BCUT2D eigenvalue weighted by molar-refractivity contribution is -0.138. The normalized spacial score (nSPS) is 44.9. The van der Waals surface area contributed by atoms with Gasteiger partial charge in [-0.05, 0) is 42.9 Å². The van der Waals surface area contributed by atoms with Crippen LogP contribution in [0.4, 0.5) is 0 Å². The third-order valence-corrected chi connectivity index (χ3v) is 4.45. The maximum atomic E-state index is 11.7. The molecule has 0 unspecified atom stereocenters. The average molecular weight is 209 g/mol. The van der Waals surface area contributed by atoms with Gasteiger partial charge in [-0.25, -0.2) is 0 Å². The van der Waals surface area contributed by atoms with Crippen molar-refractivity contribution in [3.63, 3.8) is 0 Å². The van der Waals surface area contributed by atoms with E-state index in [0.29, 0.717) is 11.8 Å². The minimum atomic E-state index is -0.961. The molecular formula is C11H15NO3. The van der Waals surface area contributed by atoms with Gasteiger partial charge in [0.15, 0.2) is 0 Å². The van der Waals surface area contributed by atoms with Gasteiger partial charge in [0.05, 0.1) is 0 Å². The van der Waals surface area contributed by atoms with Gasteiger partial charge in [-0.3, -0.25) is 9.59 Å². The second kappa shape index (κ2) is 2.97. The third-order valence-electron chi connectivity index (χ3n) is 4.45. The van der Waals surface area contributed by atoms with Crippen molar-refractivity contribution >= 4 is 11.9 Å². The molecule has 3 fully saturated rings. The zero-order chi connectivity index (χ0) is 10.6. The number of carbonyl (C=O) groups is 2. The van der Waals surface area contributed by atoms with Crippen LogP contribution in [0.1, 0.15) is 19.3 Å². The van der Waals surface area contributed by atoms with Crippen LogP contribution in [0.25, 0.3) is 0 Å². The predicted octanol–water partition coefficient (Wildman–Crippen LogP) is 0.479. The fraction of sp³-hybridized carbons (Fsp3) is 0.818. The first-order chi connectivity index (χ1) is 7.18. The Hall–Kier alpha value is -1.06. The average Bonchev–Trinajstić information content (AvgIpc) is 2.64. The van der Waals surface area contributed by atoms with Gasteiger partial charge in [-0.2, -0.15) is 0 Å². The molecule has 3 aliphatic rings. The first kappa shape index (κ1) is 9.19. The monoisotopic (exact) mass is 209 g/mol. The summed E-state index contributed by atoms with van der Waals surface area (Å²) >= 11 is 0. The smallest absolute Gasteiger partial charge is 0.322 e. The molecule has 3 aliphatic carbocycles. The zero-order valence-electron chi connectivity index (χ0n) is 8.48. The first-order valence-corrected chi connectivity index (χ1v) is 5.68. The van der Waals surface area contributed by atoms with Crippen molar-refractivity contribution in [2.24, 2.45) is 29.6 Å². The number of nitrogens with one attached hydrogen (secondary N) is 1. The molecule has 0 saturated heterocycles. The van der Waals surface area contributed by atoms with E-state index >= 15 is 0 Å². The largest absolute Gasteiger partial charge is 0.480 e. The molecular weight excluding hydrogens is 194 g/mol. The lowest BCUT2D eigenvalue weighted by atomic mass is 10.0. The number of fused-ring (bicyclic) bond motifs is 5. The molecule has 2 N–H and O–H groups in total. The molecule has 1 amide bonds. The van der Waals surface area contributed by atoms with E-state index in [1.54, 1.807) is 0 Å². The Morgan fingerprint density at radius 2 is 1.80 bits per heavy atom. The molecule has 2 bridgehead atoms. The van der Waals surface area contributed by atoms with E-state index in [1.807, 2.05) is 0 Å². The molecule has 0 radical (unpaired) electrons. The summed E-state index contributed by atoms with van der Waals surface area (Å²) in [4.78, 5) is 22.0. The number of amides is 1. The standard InChI is InChI=1S/C11H15NO3/c13-7(14)4-12-11(15)10-8-5-1-2-6(3-5)9(8)10/h5-6,8-10H,1-4H2,(H,12,15)(H,13,14)/t5-,6-,8+,9+/m0/s1. The minimum absolute atomic E-state index is 0.0241. The Morgan fingerprint density at radius 1 is 1.20 bits per heavy atom. The molecule has 4 heteroatoms. The molecule has 0 aromatic carbocycles. The van der Waals surface area contributed by atoms with Gasteiger partial charge in [-0.15, -0.1) is 0 Å². The number of hydrogen-bond donors (Lipinski definition) is 2. The second-order valence-corrected chi connectivity index (χ2v) is 5.13. The van der Waals surface area contributed by atoms with Crippen molar-refractivity contribution in [2.75, 3.05) is 6.54 Å². The van der Waals surface area contributed by atoms with Gasteiger partial charge in [0.25, 0.3) is 0 Å². The van der Waals surface area contributed by atoms with Crippen LogP contribution in [0.15, 0.2) is 0 Å². The molecule has 0 aromatic rings. The maximum Gasteiger partial charge on any atom is 0.322 e. The quantitative estimate of drug-likeness (QED) is 0.710. The summed E-state index contributed by atoms with van der Waals surface area (Å²) in [7, 11) is 0. The molecule has 0 aliphatic heterocycles. The predicted molar refractivity (Wildman–Crippen MR) is 51.9 cm³/mol. The van der Waals surface area contributed by atoms with Crippen LogP contribution in [0.5, 0.6) is 0 Å². The van der Waals surface area contributed by atoms with Gasteiger partial charge in [0.1, 0.15) is 6.54 Å². The van der Waals surface area contributed by atoms with Crippen molar-refractivity contribution in [3.05, 3.63) is 0 Å². The van der Waals surface area contributed by atoms with Crippen molar-refractivity contribution in [2.45, 2.75) is 19.3 Å². The zero-order valence-corrected chi connectivity index (χ0v) is 8.48. The lowest BCUT2D eigenvalue weighted by Gasteiger charge is -2.07. The third kappa shape index (κ3) is 1.27. The Bertz CT molecular complexity index is 312. The summed E-state index contributed by atoms with van der Waals surface area (Å²) < 4.78 is 0. The summed E-state index contributed by atoms with van der Waals surface area (Å²) in [6.45, 7) is -0.232. The second-order valence-electron chi connectivity index (χ2n) is 5.13. The molecule has 3 rings (SSSR count). The van der Waals surface area contributed by atoms with Gasteiger partial charge in [0.2, 0.25) is 5.91 Å². The van der Waals surface area contributed by atoms with E-state index in [1.165, 1.54) is 19.3 Å². The van der Waals surface area contributed by atoms with E-state index in [0.717, 1.165) is 11.8 Å². The Labute approximate surface area is 88.0 Å². The summed E-state index contributed by atoms with van der Waals surface area (Å²) in [6.07, 6.45) is 3.89. The highest BCUT2D eigenvalue weighted by Gasteiger charge is 2.67. The molecule has 82 valence electrons. The number of rotatable bonds is 3. The first-order valence-electron chi connectivity index (χ1n) is 5.68. The molecule has 0 heterocycles. The highest BCUT2D eigenvalue weighted by molar-refractivity contribution is 5.85. The van der Waals surface area contributed by atoms with Crippen LogP contribution >= 0.6 is 0 Å². The van der Waals surface area contributed by atoms with E-state index in [-0.39, 0.29) is 18.4 Å². The van der Waals surface area contributed by atoms with Crippen LogP contribution in [-0.4, -0.2) is 23.5 Å². The van der Waals surface area contributed by atoms with Crippen LogP contribution in [0.2, 0.25) is 0 Å². The Morgan fingerprint density at radius 3 is 2.33 bits per heavy atom. The summed E-state index contributed by atoms with van der Waals surface area (Å²) in [6, 6.07) is 0. The van der Waals surface area contributed by atoms with E-state index in [9.17, 15) is 9.59 Å². The van der Waals surface area contributed by atoms with Crippen LogP contribution in [0.3, 0.4) is 0 Å². The summed E-state index contributed by atoms with van der Waals surface area (Å²) in [5, 5.41) is 11.0. The van der Waals surface area contributed by atoms with Gasteiger partial charge >= 0.3 is 5.97 Å². The van der Waals surface area contributed by atoms with Crippen molar-refractivity contribution in [1.29, 1.82) is 0 Å². The van der Waals surface area contributed by atoms with Crippen LogP contribution < -0.4 is 5.32 Å². The van der Waals surface area contributed by atoms with Gasteiger partial charge < -0.3 is 10.4 Å². The van der Waals surface area contributed by atoms with Gasteiger partial charge in [-0.1, -0.05) is 0 Å². The van der Waals surface area contributed by atoms with E-state index in [4.69, 9.17) is 5.11 Å². The van der Waals surface area contributed by atoms with Crippen LogP contribution in [-0.2, 0) is 9.59 Å². The topological polar surface area (TPSA) is 66.4 Å². The maximum absolute atomic E-state index is 11.7. The van der Waals surface area contributed by atoms with Crippen LogP contribution in [0, 0.1) is 29.6 Å². The number of carboxylic acids is 1. The highest BCUT2D eigenvalue weighted by atomic mass is 16.4. The number of carbonyl (C=O) groups excluding carboxylic acids is 1. The molecule has 3 saturated carbocycles. The number of aliphatic carboxylic acids is 1. The number of carboxylic acid groups (broad SMARTS) is 1. The minimum Gasteiger partial charge on any atom is -0.480 e. The van der Waals surface area contributed by atoms with Crippen molar-refractivity contribution in [3.8, 4) is 0 Å². The molecule has 4 atom stereocenters. The number of hydrogen-bond acceptors (Lipinski definition) is 2. The highest BCUT2D eigenvalue weighted by Crippen LogP contribution is 2.69. The lowest BCUT2D eigenvalue weighted by Crippen LogP contribution is -2.32. The summed E-state index contributed by atoms with van der Waals surface area (Å²) in [5.41, 5.74) is 0. The fourth-order valence-electron chi connectivity index (χ4n) is 3.96. The van der Waals surface area contributed by atoms with Crippen molar-refractivity contribution in [1.82, 2.24) is 5.32 Å².